The van der Waals surface area contributed by atoms with Crippen LogP contribution in [0.3, 0.4) is 0 Å². The number of hydrogen-bond acceptors (Lipinski definition) is 6. The number of phenols is 1. The summed E-state index contributed by atoms with van der Waals surface area (Å²) in [6.07, 6.45) is 1.73. The van der Waals surface area contributed by atoms with E-state index >= 15 is 0 Å². The van der Waals surface area contributed by atoms with Crippen molar-refractivity contribution in [2.45, 2.75) is 12.8 Å². The number of nitrogens with zero attached hydrogens (tertiary/aromatic N) is 3. The number of piperazine rings is 1. The van der Waals surface area contributed by atoms with Crippen LogP contribution in [-0.4, -0.2) is 66.6 Å². The molecule has 2 heterocycles. The topological polar surface area (TPSA) is 73.8 Å². The molecule has 1 aliphatic heterocycles. The summed E-state index contributed by atoms with van der Waals surface area (Å²) in [7, 11) is 1.69. The molecule has 1 fully saturated rings. The molecular weight excluding hydrogens is 572 g/mol. The first-order valence-electron chi connectivity index (χ1n) is 15.1. The van der Waals surface area contributed by atoms with Crippen molar-refractivity contribution in [3.63, 3.8) is 0 Å². The lowest BCUT2D eigenvalue weighted by molar-refractivity contribution is 0.221. The predicted molar refractivity (Wildman–Crippen MR) is 176 cm³/mol. The summed E-state index contributed by atoms with van der Waals surface area (Å²) in [6.45, 7) is 5.69. The Morgan fingerprint density at radius 3 is 2.32 bits per heavy atom. The zero-order valence-electron chi connectivity index (χ0n) is 24.7. The molecule has 0 spiro atoms. The van der Waals surface area contributed by atoms with Crippen LogP contribution in [0.15, 0.2) is 84.9 Å². The third-order valence-electron chi connectivity index (χ3n) is 8.67. The van der Waals surface area contributed by atoms with Crippen LogP contribution in [0.2, 0.25) is 5.02 Å². The van der Waals surface area contributed by atoms with E-state index < -0.39 is 0 Å². The lowest BCUT2D eigenvalue weighted by Gasteiger charge is -2.36. The average molecular weight is 607 g/mol. The quantitative estimate of drug-likeness (QED) is 0.169. The molecule has 7 nitrogen and oxygen atoms in total. The zero-order chi connectivity index (χ0) is 30.0. The summed E-state index contributed by atoms with van der Waals surface area (Å²) in [6, 6.07) is 28.0. The van der Waals surface area contributed by atoms with Crippen LogP contribution in [0.25, 0.3) is 33.6 Å². The van der Waals surface area contributed by atoms with Crippen molar-refractivity contribution in [1.82, 2.24) is 15.1 Å². The van der Waals surface area contributed by atoms with E-state index in [9.17, 15) is 5.11 Å². The van der Waals surface area contributed by atoms with Gasteiger partial charge in [-0.25, -0.2) is 0 Å². The number of aromatic amines is 1. The molecule has 2 aliphatic rings. The van der Waals surface area contributed by atoms with Gasteiger partial charge in [-0.15, -0.1) is 0 Å². The van der Waals surface area contributed by atoms with Crippen LogP contribution in [-0.2, 0) is 6.42 Å². The third-order valence-corrected chi connectivity index (χ3v) is 8.91. The number of nitrogens with one attached hydrogen (secondary N) is 1. The number of rotatable bonds is 9. The van der Waals surface area contributed by atoms with Gasteiger partial charge in [0.25, 0.3) is 0 Å². The second-order valence-corrected chi connectivity index (χ2v) is 11.8. The fraction of sp³-hybridized carbons (Fsp3) is 0.250. The Morgan fingerprint density at radius 2 is 1.59 bits per heavy atom. The smallest absolute Gasteiger partial charge is 0.161 e. The Bertz CT molecular complexity index is 1760. The number of methoxy groups -OCH3 is 1. The van der Waals surface area contributed by atoms with Crippen LogP contribution in [0.1, 0.15) is 17.5 Å². The van der Waals surface area contributed by atoms with Gasteiger partial charge in [0.2, 0.25) is 0 Å². The average Bonchev–Trinajstić information content (AvgIpc) is 3.62. The van der Waals surface area contributed by atoms with E-state index in [2.05, 4.69) is 62.5 Å². The van der Waals surface area contributed by atoms with Crippen molar-refractivity contribution in [3.8, 4) is 50.9 Å². The number of H-pyrrole nitrogens is 1. The highest BCUT2D eigenvalue weighted by Gasteiger charge is 2.27. The molecule has 44 heavy (non-hydrogen) atoms. The molecule has 0 saturated carbocycles. The van der Waals surface area contributed by atoms with Gasteiger partial charge in [-0.1, -0.05) is 54.1 Å². The first-order chi connectivity index (χ1) is 21.6. The Labute approximate surface area is 262 Å². The highest BCUT2D eigenvalue weighted by Crippen LogP contribution is 2.45. The Morgan fingerprint density at radius 1 is 0.864 bits per heavy atom. The van der Waals surface area contributed by atoms with Gasteiger partial charge < -0.3 is 19.5 Å². The maximum Gasteiger partial charge on any atom is 0.161 e. The number of aromatic nitrogens is 2. The number of hydrogen-bond donors (Lipinski definition) is 2. The minimum atomic E-state index is 0.266. The van der Waals surface area contributed by atoms with Gasteiger partial charge in [0.15, 0.2) is 11.5 Å². The molecule has 0 amide bonds. The monoisotopic (exact) mass is 606 g/mol. The molecule has 8 heteroatoms. The van der Waals surface area contributed by atoms with Gasteiger partial charge in [-0.2, -0.15) is 5.10 Å². The van der Waals surface area contributed by atoms with Gasteiger partial charge in [0, 0.05) is 66.5 Å². The van der Waals surface area contributed by atoms with Gasteiger partial charge in [-0.3, -0.25) is 10.00 Å². The Kier molecular flexibility index (Phi) is 7.90. The minimum absolute atomic E-state index is 0.266. The van der Waals surface area contributed by atoms with E-state index in [0.29, 0.717) is 6.61 Å². The Balaban J connectivity index is 0.968. The molecule has 5 aromatic rings. The van der Waals surface area contributed by atoms with Crippen molar-refractivity contribution < 1.29 is 14.6 Å². The number of halogens is 1. The van der Waals surface area contributed by atoms with Crippen LogP contribution in [0.5, 0.6) is 17.2 Å². The molecule has 2 N–H and O–H groups in total. The molecule has 1 aliphatic carbocycles. The van der Waals surface area contributed by atoms with E-state index in [4.69, 9.17) is 21.1 Å². The molecule has 0 radical (unpaired) electrons. The summed E-state index contributed by atoms with van der Waals surface area (Å²) >= 11 is 6.19. The highest BCUT2D eigenvalue weighted by atomic mass is 35.5. The highest BCUT2D eigenvalue weighted by molar-refractivity contribution is 6.30. The Hall–Kier alpha value is -4.46. The maximum absolute atomic E-state index is 9.60. The van der Waals surface area contributed by atoms with Crippen LogP contribution in [0, 0.1) is 0 Å². The van der Waals surface area contributed by atoms with E-state index in [0.717, 1.165) is 95.7 Å². The van der Waals surface area contributed by atoms with Gasteiger partial charge in [-0.05, 0) is 65.6 Å². The van der Waals surface area contributed by atoms with Gasteiger partial charge in [0.1, 0.15) is 5.75 Å². The number of aromatic hydroxyl groups is 1. The lowest BCUT2D eigenvalue weighted by atomic mass is 10.0. The molecule has 1 saturated heterocycles. The molecule has 0 unspecified atom stereocenters. The normalized spacial score (nSPS) is 14.4. The summed E-state index contributed by atoms with van der Waals surface area (Å²) < 4.78 is 12.0. The fourth-order valence-corrected chi connectivity index (χ4v) is 6.47. The molecule has 1 aromatic heterocycles. The van der Waals surface area contributed by atoms with Crippen LogP contribution < -0.4 is 14.4 Å². The molecule has 224 valence electrons. The fourth-order valence-electron chi connectivity index (χ4n) is 6.29. The summed E-state index contributed by atoms with van der Waals surface area (Å²) in [5, 5.41) is 18.3. The van der Waals surface area contributed by atoms with Gasteiger partial charge >= 0.3 is 0 Å². The summed E-state index contributed by atoms with van der Waals surface area (Å²) in [4.78, 5) is 4.90. The standard InChI is InChI=1S/C36H35ClN4O3/c1-43-33-23-31-27(21-34(33)44-19-3-14-40-15-17-41(18-16-40)29-5-2-4-28(37)22-29)20-32-35(38-39-36(31)32)26-8-6-24(7-9-26)25-10-12-30(42)13-11-25/h2,4-13,21-23,42H,3,14-20H2,1H3,(H,38,39). The number of anilines is 1. The lowest BCUT2D eigenvalue weighted by Crippen LogP contribution is -2.46. The van der Waals surface area contributed by atoms with E-state index in [1.807, 2.05) is 30.3 Å². The van der Waals surface area contributed by atoms with Crippen molar-refractivity contribution in [3.05, 3.63) is 101 Å². The molecule has 7 rings (SSSR count). The summed E-state index contributed by atoms with van der Waals surface area (Å²) in [5.41, 5.74) is 9.93. The molecule has 4 aromatic carbocycles. The first kappa shape index (κ1) is 28.3. The number of ether oxygens (including phenoxy) is 2. The van der Waals surface area contributed by atoms with Crippen molar-refractivity contribution >= 4 is 17.3 Å². The number of benzene rings is 4. The number of fused-ring (bicyclic) bond motifs is 3. The second-order valence-electron chi connectivity index (χ2n) is 11.4. The molecule has 0 atom stereocenters. The zero-order valence-corrected chi connectivity index (χ0v) is 25.5. The van der Waals surface area contributed by atoms with E-state index in [1.54, 1.807) is 19.2 Å². The first-order valence-corrected chi connectivity index (χ1v) is 15.5. The predicted octanol–water partition coefficient (Wildman–Crippen LogP) is 7.27. The van der Waals surface area contributed by atoms with Crippen molar-refractivity contribution in [2.75, 3.05) is 51.3 Å². The van der Waals surface area contributed by atoms with E-state index in [-0.39, 0.29) is 5.75 Å². The van der Waals surface area contributed by atoms with Crippen LogP contribution in [0.4, 0.5) is 5.69 Å². The van der Waals surface area contributed by atoms with Crippen molar-refractivity contribution in [2.24, 2.45) is 0 Å². The third kappa shape index (κ3) is 5.73. The largest absolute Gasteiger partial charge is 0.508 e. The SMILES string of the molecule is COc1cc2c(cc1OCCCN1CCN(c3cccc(Cl)c3)CC1)Cc1c(-c3ccc(-c4ccc(O)cc4)cc3)n[nH]c1-2. The molecular formula is C36H35ClN4O3. The van der Waals surface area contributed by atoms with E-state index in [1.165, 1.54) is 16.8 Å². The van der Waals surface area contributed by atoms with Crippen molar-refractivity contribution in [1.29, 1.82) is 0 Å². The van der Waals surface area contributed by atoms with Crippen LogP contribution >= 0.6 is 11.6 Å². The molecule has 0 bridgehead atoms. The minimum Gasteiger partial charge on any atom is -0.508 e. The van der Waals surface area contributed by atoms with Gasteiger partial charge in [0.05, 0.1) is 25.1 Å². The maximum atomic E-state index is 9.60. The second kappa shape index (κ2) is 12.3. The number of phenolic OH excluding ortho intramolecular Hbond substituents is 1. The summed E-state index contributed by atoms with van der Waals surface area (Å²) in [5.74, 6) is 1.79.